The molecule has 1 fully saturated rings. The molecule has 4 heteroatoms. The van der Waals surface area contributed by atoms with E-state index in [1.165, 1.54) is 0 Å². The fourth-order valence-electron chi connectivity index (χ4n) is 2.00. The molecule has 0 radical (unpaired) electrons. The molecule has 1 aliphatic heterocycles. The van der Waals surface area contributed by atoms with Crippen molar-refractivity contribution in [2.45, 2.75) is 38.3 Å². The maximum Gasteiger partial charge on any atom is 0.120 e. The van der Waals surface area contributed by atoms with Crippen LogP contribution in [0.5, 0.6) is 0 Å². The second-order valence-electron chi connectivity index (χ2n) is 4.79. The summed E-state index contributed by atoms with van der Waals surface area (Å²) in [7, 11) is 0. The first-order chi connectivity index (χ1) is 8.13. The van der Waals surface area contributed by atoms with Crippen LogP contribution in [-0.2, 0) is 11.2 Å². The fraction of sp³-hybridized carbons (Fsp3) is 0.692. The average molecular weight is 239 g/mol. The van der Waals surface area contributed by atoms with Crippen LogP contribution in [0.25, 0.3) is 0 Å². The summed E-state index contributed by atoms with van der Waals surface area (Å²) in [5.74, 6) is 1.92. The van der Waals surface area contributed by atoms with Gasteiger partial charge in [0.05, 0.1) is 12.6 Å². The zero-order valence-electron chi connectivity index (χ0n) is 10.5. The molecule has 2 atom stereocenters. The lowest BCUT2D eigenvalue weighted by molar-refractivity contribution is 0.0247. The van der Waals surface area contributed by atoms with Gasteiger partial charge in [-0.25, -0.2) is 0 Å². The SMILES string of the molecule is CCc1ccc([C@@H](C)NC[C@@]2(O)CCOC2)o1. The highest BCUT2D eigenvalue weighted by atomic mass is 16.5. The van der Waals surface area contributed by atoms with Crippen LogP contribution in [0.15, 0.2) is 16.5 Å². The van der Waals surface area contributed by atoms with Gasteiger partial charge in [-0.2, -0.15) is 0 Å². The van der Waals surface area contributed by atoms with Crippen molar-refractivity contribution in [3.63, 3.8) is 0 Å². The van der Waals surface area contributed by atoms with Crippen LogP contribution < -0.4 is 5.32 Å². The van der Waals surface area contributed by atoms with Crippen molar-refractivity contribution in [3.8, 4) is 0 Å². The lowest BCUT2D eigenvalue weighted by Gasteiger charge is -2.23. The van der Waals surface area contributed by atoms with Crippen molar-refractivity contribution in [1.29, 1.82) is 0 Å². The summed E-state index contributed by atoms with van der Waals surface area (Å²) in [6.45, 7) is 5.71. The van der Waals surface area contributed by atoms with Crippen LogP contribution in [0.3, 0.4) is 0 Å². The largest absolute Gasteiger partial charge is 0.464 e. The Morgan fingerprint density at radius 3 is 2.94 bits per heavy atom. The molecule has 0 saturated carbocycles. The molecule has 1 aromatic heterocycles. The topological polar surface area (TPSA) is 54.6 Å². The second-order valence-corrected chi connectivity index (χ2v) is 4.79. The maximum absolute atomic E-state index is 10.1. The Morgan fingerprint density at radius 2 is 2.35 bits per heavy atom. The van der Waals surface area contributed by atoms with Crippen molar-refractivity contribution in [1.82, 2.24) is 5.32 Å². The number of furan rings is 1. The van der Waals surface area contributed by atoms with Gasteiger partial charge < -0.3 is 19.6 Å². The third kappa shape index (κ3) is 3.09. The van der Waals surface area contributed by atoms with E-state index < -0.39 is 5.60 Å². The van der Waals surface area contributed by atoms with Crippen LogP contribution in [0.2, 0.25) is 0 Å². The first-order valence-corrected chi connectivity index (χ1v) is 6.25. The van der Waals surface area contributed by atoms with Gasteiger partial charge in [-0.3, -0.25) is 0 Å². The Morgan fingerprint density at radius 1 is 1.53 bits per heavy atom. The monoisotopic (exact) mass is 239 g/mol. The van der Waals surface area contributed by atoms with Gasteiger partial charge in [0.2, 0.25) is 0 Å². The van der Waals surface area contributed by atoms with Gasteiger partial charge in [-0.1, -0.05) is 6.92 Å². The Hall–Kier alpha value is -0.840. The molecule has 0 aliphatic carbocycles. The van der Waals surface area contributed by atoms with Gasteiger partial charge in [-0.05, 0) is 19.1 Å². The summed E-state index contributed by atoms with van der Waals surface area (Å²) in [5.41, 5.74) is -0.714. The minimum Gasteiger partial charge on any atom is -0.464 e. The first kappa shape index (κ1) is 12.6. The number of hydrogen-bond donors (Lipinski definition) is 2. The molecule has 96 valence electrons. The average Bonchev–Trinajstić information content (AvgIpc) is 2.95. The van der Waals surface area contributed by atoms with Crippen molar-refractivity contribution >= 4 is 0 Å². The highest BCUT2D eigenvalue weighted by molar-refractivity contribution is 5.10. The van der Waals surface area contributed by atoms with Gasteiger partial charge in [0.25, 0.3) is 0 Å². The van der Waals surface area contributed by atoms with Crippen molar-refractivity contribution in [3.05, 3.63) is 23.7 Å². The fourth-order valence-corrected chi connectivity index (χ4v) is 2.00. The van der Waals surface area contributed by atoms with Gasteiger partial charge in [-0.15, -0.1) is 0 Å². The summed E-state index contributed by atoms with van der Waals surface area (Å²) in [6, 6.07) is 4.10. The summed E-state index contributed by atoms with van der Waals surface area (Å²) >= 11 is 0. The van der Waals surface area contributed by atoms with E-state index in [9.17, 15) is 5.11 Å². The molecule has 2 N–H and O–H groups in total. The predicted octanol–water partition coefficient (Wildman–Crippen LogP) is 1.64. The zero-order valence-corrected chi connectivity index (χ0v) is 10.5. The molecule has 1 aliphatic rings. The highest BCUT2D eigenvalue weighted by Crippen LogP contribution is 2.20. The number of nitrogens with one attached hydrogen (secondary N) is 1. The Labute approximate surface area is 102 Å². The van der Waals surface area contributed by atoms with Crippen LogP contribution >= 0.6 is 0 Å². The summed E-state index contributed by atoms with van der Waals surface area (Å²) < 4.78 is 10.9. The Bertz CT molecular complexity index is 355. The van der Waals surface area contributed by atoms with Gasteiger partial charge in [0.15, 0.2) is 0 Å². The third-order valence-electron chi connectivity index (χ3n) is 3.28. The van der Waals surface area contributed by atoms with Crippen LogP contribution in [-0.4, -0.2) is 30.5 Å². The van der Waals surface area contributed by atoms with E-state index in [0.717, 1.165) is 17.9 Å². The molecule has 1 saturated heterocycles. The normalized spacial score (nSPS) is 26.3. The number of hydrogen-bond acceptors (Lipinski definition) is 4. The quantitative estimate of drug-likeness (QED) is 0.820. The van der Waals surface area contributed by atoms with Crippen molar-refractivity contribution in [2.75, 3.05) is 19.8 Å². The van der Waals surface area contributed by atoms with Crippen LogP contribution in [0.4, 0.5) is 0 Å². The molecule has 2 rings (SSSR count). The predicted molar refractivity (Wildman–Crippen MR) is 64.9 cm³/mol. The van der Waals surface area contributed by atoms with Gasteiger partial charge >= 0.3 is 0 Å². The Kier molecular flexibility index (Phi) is 3.86. The smallest absolute Gasteiger partial charge is 0.120 e. The minimum atomic E-state index is -0.714. The molecule has 1 aromatic rings. The standard InChI is InChI=1S/C13H21NO3/c1-3-11-4-5-12(17-11)10(2)14-8-13(15)6-7-16-9-13/h4-5,10,14-15H,3,6-9H2,1-2H3/t10-,13+/m1/s1. The second kappa shape index (κ2) is 5.21. The molecule has 4 nitrogen and oxygen atoms in total. The van der Waals surface area contributed by atoms with E-state index in [0.29, 0.717) is 26.2 Å². The zero-order chi connectivity index (χ0) is 12.3. The highest BCUT2D eigenvalue weighted by Gasteiger charge is 2.32. The van der Waals surface area contributed by atoms with E-state index >= 15 is 0 Å². The van der Waals surface area contributed by atoms with E-state index in [-0.39, 0.29) is 6.04 Å². The number of rotatable bonds is 5. The molecule has 0 aromatic carbocycles. The summed E-state index contributed by atoms with van der Waals surface area (Å²) in [4.78, 5) is 0. The molecule has 0 bridgehead atoms. The molecular formula is C13H21NO3. The Balaban J connectivity index is 1.86. The van der Waals surface area contributed by atoms with E-state index in [4.69, 9.17) is 9.15 Å². The van der Waals surface area contributed by atoms with Crippen molar-refractivity contribution < 1.29 is 14.3 Å². The van der Waals surface area contributed by atoms with E-state index in [2.05, 4.69) is 12.2 Å². The summed E-state index contributed by atoms with van der Waals surface area (Å²) in [5, 5.41) is 13.4. The molecule has 0 spiro atoms. The molecular weight excluding hydrogens is 218 g/mol. The molecule has 17 heavy (non-hydrogen) atoms. The van der Waals surface area contributed by atoms with Crippen LogP contribution in [0, 0.1) is 0 Å². The number of ether oxygens (including phenoxy) is 1. The number of aliphatic hydroxyl groups is 1. The first-order valence-electron chi connectivity index (χ1n) is 6.25. The number of aryl methyl sites for hydroxylation is 1. The minimum absolute atomic E-state index is 0.111. The lowest BCUT2D eigenvalue weighted by Crippen LogP contribution is -2.41. The maximum atomic E-state index is 10.1. The molecule has 0 amide bonds. The van der Waals surface area contributed by atoms with E-state index in [1.54, 1.807) is 0 Å². The summed E-state index contributed by atoms with van der Waals surface area (Å²) in [6.07, 6.45) is 1.61. The van der Waals surface area contributed by atoms with Gasteiger partial charge in [0, 0.05) is 26.0 Å². The molecule has 2 heterocycles. The van der Waals surface area contributed by atoms with E-state index in [1.807, 2.05) is 19.1 Å². The van der Waals surface area contributed by atoms with Crippen molar-refractivity contribution in [2.24, 2.45) is 0 Å². The van der Waals surface area contributed by atoms with Crippen LogP contribution in [0.1, 0.15) is 37.8 Å². The lowest BCUT2D eigenvalue weighted by atomic mass is 10.0. The third-order valence-corrected chi connectivity index (χ3v) is 3.28. The molecule has 0 unspecified atom stereocenters. The van der Waals surface area contributed by atoms with Gasteiger partial charge in [0.1, 0.15) is 17.1 Å².